The highest BCUT2D eigenvalue weighted by atomic mass is 35.5. The molecule has 144 valence electrons. The van der Waals surface area contributed by atoms with E-state index in [9.17, 15) is 9.59 Å². The maximum absolute atomic E-state index is 13.5. The van der Waals surface area contributed by atoms with E-state index >= 15 is 0 Å². The number of morpholine rings is 1. The van der Waals surface area contributed by atoms with Gasteiger partial charge in [-0.15, -0.1) is 0 Å². The summed E-state index contributed by atoms with van der Waals surface area (Å²) in [6.07, 6.45) is 0. The fourth-order valence-corrected chi connectivity index (χ4v) is 3.75. The van der Waals surface area contributed by atoms with Crippen LogP contribution in [-0.4, -0.2) is 52.9 Å². The monoisotopic (exact) mass is 400 g/mol. The number of hydrogen-bond acceptors (Lipinski definition) is 5. The Morgan fingerprint density at radius 2 is 1.89 bits per heavy atom. The Bertz CT molecular complexity index is 1060. The van der Waals surface area contributed by atoms with Crippen LogP contribution in [0, 0.1) is 0 Å². The number of fused-ring (bicyclic) bond motifs is 1. The lowest BCUT2D eigenvalue weighted by molar-refractivity contribution is -0.135. The summed E-state index contributed by atoms with van der Waals surface area (Å²) < 4.78 is 7.01. The first-order valence-corrected chi connectivity index (χ1v) is 9.26. The SMILES string of the molecule is NC(=O)c1nn(CC(=O)[N+]2(c3cccc(Cl)n3)CCOCC2)c2ccccc12. The van der Waals surface area contributed by atoms with E-state index in [1.807, 2.05) is 12.1 Å². The maximum Gasteiger partial charge on any atom is 0.341 e. The molecule has 2 amide bonds. The Hall–Kier alpha value is -2.81. The summed E-state index contributed by atoms with van der Waals surface area (Å²) in [7, 11) is 0. The molecule has 0 aliphatic carbocycles. The largest absolute Gasteiger partial charge is 0.370 e. The van der Waals surface area contributed by atoms with E-state index < -0.39 is 5.91 Å². The average Bonchev–Trinajstić information content (AvgIpc) is 3.07. The van der Waals surface area contributed by atoms with Gasteiger partial charge in [0.1, 0.15) is 18.2 Å². The Morgan fingerprint density at radius 1 is 1.14 bits per heavy atom. The lowest BCUT2D eigenvalue weighted by Gasteiger charge is -2.37. The molecule has 0 radical (unpaired) electrons. The molecular formula is C19H19ClN5O3+. The highest BCUT2D eigenvalue weighted by Gasteiger charge is 2.42. The van der Waals surface area contributed by atoms with E-state index in [1.165, 1.54) is 4.68 Å². The number of benzene rings is 1. The summed E-state index contributed by atoms with van der Waals surface area (Å²) in [5, 5.41) is 5.25. The van der Waals surface area contributed by atoms with Crippen molar-refractivity contribution in [2.24, 2.45) is 5.73 Å². The standard InChI is InChI=1S/C19H18ClN5O3/c20-15-6-3-7-16(22-15)25(8-10-28-11-9-25)17(26)12-24-14-5-2-1-4-13(14)18(23-24)19(21)27/h1-7H,8-12H2,(H-,21,27)/p+1. The minimum absolute atomic E-state index is 0.0145. The minimum Gasteiger partial charge on any atom is -0.370 e. The number of nitrogens with zero attached hydrogens (tertiary/aromatic N) is 4. The minimum atomic E-state index is -0.630. The van der Waals surface area contributed by atoms with Crippen LogP contribution in [0.4, 0.5) is 5.82 Å². The number of hydrogen-bond donors (Lipinski definition) is 1. The van der Waals surface area contributed by atoms with Crippen molar-refractivity contribution in [2.45, 2.75) is 6.54 Å². The van der Waals surface area contributed by atoms with Gasteiger partial charge in [-0.25, -0.2) is 9.28 Å². The molecule has 9 heteroatoms. The van der Waals surface area contributed by atoms with E-state index in [-0.39, 0.29) is 22.6 Å². The van der Waals surface area contributed by atoms with Crippen molar-refractivity contribution in [1.82, 2.24) is 19.2 Å². The predicted molar refractivity (Wildman–Crippen MR) is 105 cm³/mol. The molecule has 0 spiro atoms. The van der Waals surface area contributed by atoms with Gasteiger partial charge in [-0.3, -0.25) is 9.48 Å². The van der Waals surface area contributed by atoms with Crippen LogP contribution < -0.4 is 10.2 Å². The van der Waals surface area contributed by atoms with Crippen LogP contribution in [0.1, 0.15) is 10.5 Å². The van der Waals surface area contributed by atoms with Gasteiger partial charge >= 0.3 is 5.91 Å². The van der Waals surface area contributed by atoms with Crippen LogP contribution in [0.5, 0.6) is 0 Å². The maximum atomic E-state index is 13.5. The molecule has 1 aliphatic heterocycles. The van der Waals surface area contributed by atoms with Crippen LogP contribution >= 0.6 is 11.6 Å². The number of carbonyl (C=O) groups excluding carboxylic acids is 2. The van der Waals surface area contributed by atoms with E-state index in [1.54, 1.807) is 30.3 Å². The molecule has 3 aromatic rings. The van der Waals surface area contributed by atoms with Crippen LogP contribution in [0.15, 0.2) is 42.5 Å². The van der Waals surface area contributed by atoms with Gasteiger partial charge in [0.25, 0.3) is 5.91 Å². The summed E-state index contributed by atoms with van der Waals surface area (Å²) in [6.45, 7) is 1.75. The number of primary amides is 1. The molecule has 0 bridgehead atoms. The normalized spacial score (nSPS) is 16.2. The second kappa shape index (κ2) is 7.31. The van der Waals surface area contributed by atoms with Gasteiger partial charge in [0.2, 0.25) is 5.82 Å². The molecule has 0 unspecified atom stereocenters. The number of quaternary nitrogens is 1. The smallest absolute Gasteiger partial charge is 0.341 e. The molecule has 0 saturated carbocycles. The van der Waals surface area contributed by atoms with Crippen molar-refractivity contribution in [2.75, 3.05) is 26.3 Å². The summed E-state index contributed by atoms with van der Waals surface area (Å²) in [5.74, 6) is -0.163. The second-order valence-corrected chi connectivity index (χ2v) is 7.01. The van der Waals surface area contributed by atoms with Gasteiger partial charge in [0, 0.05) is 11.5 Å². The Labute approximate surface area is 166 Å². The van der Waals surface area contributed by atoms with E-state index in [4.69, 9.17) is 22.1 Å². The molecule has 1 aliphatic rings. The molecular weight excluding hydrogens is 382 g/mol. The van der Waals surface area contributed by atoms with Crippen LogP contribution in [0.2, 0.25) is 5.15 Å². The average molecular weight is 401 g/mol. The van der Waals surface area contributed by atoms with Gasteiger partial charge < -0.3 is 10.5 Å². The molecule has 3 heterocycles. The lowest BCUT2D eigenvalue weighted by atomic mass is 10.2. The lowest BCUT2D eigenvalue weighted by Crippen LogP contribution is -2.61. The first-order valence-electron chi connectivity index (χ1n) is 8.88. The Kier molecular flexibility index (Phi) is 4.84. The van der Waals surface area contributed by atoms with Gasteiger partial charge in [0.05, 0.1) is 18.7 Å². The quantitative estimate of drug-likeness (QED) is 0.531. The van der Waals surface area contributed by atoms with Crippen molar-refractivity contribution in [3.05, 3.63) is 53.3 Å². The van der Waals surface area contributed by atoms with Crippen molar-refractivity contribution < 1.29 is 14.3 Å². The van der Waals surface area contributed by atoms with Crippen molar-refractivity contribution in [3.8, 4) is 0 Å². The summed E-state index contributed by atoms with van der Waals surface area (Å²) in [6, 6.07) is 12.5. The van der Waals surface area contributed by atoms with Crippen LogP contribution in [0.3, 0.4) is 0 Å². The highest BCUT2D eigenvalue weighted by molar-refractivity contribution is 6.29. The summed E-state index contributed by atoms with van der Waals surface area (Å²) in [5.41, 5.74) is 6.28. The van der Waals surface area contributed by atoms with Crippen LogP contribution in [-0.2, 0) is 16.1 Å². The third kappa shape index (κ3) is 3.15. The van der Waals surface area contributed by atoms with Crippen molar-refractivity contribution in [3.63, 3.8) is 0 Å². The fraction of sp³-hybridized carbons (Fsp3) is 0.263. The van der Waals surface area contributed by atoms with Gasteiger partial charge in [0.15, 0.2) is 12.2 Å². The third-order valence-corrected chi connectivity index (χ3v) is 5.24. The van der Waals surface area contributed by atoms with Crippen molar-refractivity contribution >= 4 is 40.1 Å². The molecule has 4 rings (SSSR count). The summed E-state index contributed by atoms with van der Waals surface area (Å²) in [4.78, 5) is 29.6. The van der Waals surface area contributed by atoms with Crippen LogP contribution in [0.25, 0.3) is 10.9 Å². The zero-order valence-electron chi connectivity index (χ0n) is 15.0. The number of amides is 2. The molecule has 1 aromatic carbocycles. The van der Waals surface area contributed by atoms with Gasteiger partial charge in [-0.2, -0.15) is 10.1 Å². The number of pyridine rings is 1. The number of halogens is 1. The molecule has 1 fully saturated rings. The van der Waals surface area contributed by atoms with Gasteiger partial charge in [-0.1, -0.05) is 35.9 Å². The zero-order valence-corrected chi connectivity index (χ0v) is 15.8. The second-order valence-electron chi connectivity index (χ2n) is 6.63. The first-order chi connectivity index (χ1) is 13.5. The number of para-hydroxylation sites is 1. The number of carbonyl (C=O) groups is 2. The molecule has 2 aromatic heterocycles. The summed E-state index contributed by atoms with van der Waals surface area (Å²) >= 11 is 6.07. The molecule has 8 nitrogen and oxygen atoms in total. The molecule has 2 N–H and O–H groups in total. The third-order valence-electron chi connectivity index (χ3n) is 5.03. The molecule has 0 atom stereocenters. The topological polar surface area (TPSA) is 100 Å². The number of rotatable bonds is 4. The van der Waals surface area contributed by atoms with Crippen molar-refractivity contribution in [1.29, 1.82) is 0 Å². The number of aromatic nitrogens is 3. The Balaban J connectivity index is 1.75. The fourth-order valence-electron chi connectivity index (χ4n) is 3.59. The Morgan fingerprint density at radius 3 is 2.61 bits per heavy atom. The first kappa shape index (κ1) is 18.5. The molecule has 28 heavy (non-hydrogen) atoms. The van der Waals surface area contributed by atoms with E-state index in [2.05, 4.69) is 10.1 Å². The zero-order chi connectivity index (χ0) is 19.7. The van der Waals surface area contributed by atoms with E-state index in [0.717, 1.165) is 0 Å². The number of nitrogens with two attached hydrogens (primary N) is 1. The van der Waals surface area contributed by atoms with E-state index in [0.29, 0.717) is 48.2 Å². The number of ether oxygens (including phenoxy) is 1. The predicted octanol–water partition coefficient (Wildman–Crippen LogP) is 1.75. The molecule has 1 saturated heterocycles. The van der Waals surface area contributed by atoms with Gasteiger partial charge in [-0.05, 0) is 12.1 Å². The highest BCUT2D eigenvalue weighted by Crippen LogP contribution is 2.26.